The average molecular weight is 376 g/mol. The number of benzene rings is 1. The zero-order valence-electron chi connectivity index (χ0n) is 14.1. The maximum absolute atomic E-state index is 12.4. The van der Waals surface area contributed by atoms with E-state index in [1.165, 1.54) is 36.2 Å². The highest BCUT2D eigenvalue weighted by Gasteiger charge is 2.19. The largest absolute Gasteiger partial charge is 0.466 e. The lowest BCUT2D eigenvalue weighted by Crippen LogP contribution is -2.14. The van der Waals surface area contributed by atoms with Gasteiger partial charge in [-0.25, -0.2) is 9.97 Å². The van der Waals surface area contributed by atoms with Crippen LogP contribution < -0.4 is 5.32 Å². The fourth-order valence-corrected chi connectivity index (χ4v) is 2.38. The molecule has 2 rings (SSSR count). The van der Waals surface area contributed by atoms with E-state index in [9.17, 15) is 19.7 Å². The highest BCUT2D eigenvalue weighted by molar-refractivity contribution is 7.98. The van der Waals surface area contributed by atoms with Crippen LogP contribution in [0.15, 0.2) is 35.6 Å². The smallest absolute Gasteiger partial charge is 0.313 e. The average Bonchev–Trinajstić information content (AvgIpc) is 2.61. The van der Waals surface area contributed by atoms with Crippen molar-refractivity contribution in [3.63, 3.8) is 0 Å². The van der Waals surface area contributed by atoms with Crippen molar-refractivity contribution in [2.75, 3.05) is 18.2 Å². The second kappa shape index (κ2) is 8.90. The molecule has 0 aliphatic carbocycles. The van der Waals surface area contributed by atoms with Gasteiger partial charge in [0.1, 0.15) is 12.2 Å². The predicted octanol–water partition coefficient (Wildman–Crippen LogP) is 2.99. The lowest BCUT2D eigenvalue weighted by molar-refractivity contribution is -0.384. The van der Waals surface area contributed by atoms with Gasteiger partial charge in [-0.05, 0) is 19.2 Å². The summed E-state index contributed by atoms with van der Waals surface area (Å²) in [6.45, 7) is 1.82. The van der Waals surface area contributed by atoms with Crippen molar-refractivity contribution in [2.24, 2.45) is 0 Å². The number of ether oxygens (including phenoxy) is 1. The molecule has 0 bridgehead atoms. The van der Waals surface area contributed by atoms with E-state index >= 15 is 0 Å². The van der Waals surface area contributed by atoms with Crippen molar-refractivity contribution in [2.45, 2.75) is 18.5 Å². The molecule has 0 unspecified atom stereocenters. The maximum atomic E-state index is 12.4. The van der Waals surface area contributed by atoms with E-state index in [-0.39, 0.29) is 23.7 Å². The van der Waals surface area contributed by atoms with Crippen LogP contribution in [0.4, 0.5) is 17.2 Å². The summed E-state index contributed by atoms with van der Waals surface area (Å²) in [7, 11) is 0. The molecular formula is C16H16N4O5S. The van der Waals surface area contributed by atoms with E-state index in [1.807, 2.05) is 0 Å². The summed E-state index contributed by atoms with van der Waals surface area (Å²) in [5.41, 5.74) is 0.381. The highest BCUT2D eigenvalue weighted by Crippen LogP contribution is 2.24. The minimum atomic E-state index is -0.646. The van der Waals surface area contributed by atoms with Crippen LogP contribution in [-0.2, 0) is 9.53 Å². The standard InChI is InChI=1S/C16H16N4O5S/c1-3-25-14(22)8-13(21)12-9-17-16(26-2)19-15(12)18-10-5-4-6-11(7-10)20(23)24/h4-7,9H,3,8H2,1-2H3,(H,17,18,19). The Kier molecular flexibility index (Phi) is 6.61. The van der Waals surface area contributed by atoms with Crippen molar-refractivity contribution in [3.8, 4) is 0 Å². The van der Waals surface area contributed by atoms with E-state index in [1.54, 1.807) is 19.2 Å². The first-order valence-corrected chi connectivity index (χ1v) is 8.78. The van der Waals surface area contributed by atoms with Gasteiger partial charge in [0.2, 0.25) is 0 Å². The van der Waals surface area contributed by atoms with Gasteiger partial charge in [0.05, 0.1) is 17.1 Å². The second-order valence-corrected chi connectivity index (χ2v) is 5.73. The number of anilines is 2. The molecule has 1 heterocycles. The number of Topliss-reactive ketones (excluding diaryl/α,β-unsaturated/α-hetero) is 1. The van der Waals surface area contributed by atoms with Crippen LogP contribution in [0.1, 0.15) is 23.7 Å². The van der Waals surface area contributed by atoms with E-state index in [2.05, 4.69) is 15.3 Å². The van der Waals surface area contributed by atoms with Crippen molar-refractivity contribution in [3.05, 3.63) is 46.1 Å². The Hall–Kier alpha value is -3.01. The molecule has 26 heavy (non-hydrogen) atoms. The number of carbonyl (C=O) groups is 2. The molecule has 136 valence electrons. The maximum Gasteiger partial charge on any atom is 0.313 e. The van der Waals surface area contributed by atoms with Crippen LogP contribution in [-0.4, -0.2) is 39.5 Å². The lowest BCUT2D eigenvalue weighted by Gasteiger charge is -2.11. The van der Waals surface area contributed by atoms with E-state index in [0.717, 1.165) is 0 Å². The van der Waals surface area contributed by atoms with E-state index < -0.39 is 23.1 Å². The number of thioether (sulfide) groups is 1. The Labute approximate surface area is 153 Å². The number of nitrogens with zero attached hydrogens (tertiary/aromatic N) is 3. The van der Waals surface area contributed by atoms with Crippen LogP contribution in [0.3, 0.4) is 0 Å². The first-order chi connectivity index (χ1) is 12.4. The van der Waals surface area contributed by atoms with Crippen molar-refractivity contribution >= 4 is 40.7 Å². The molecule has 0 radical (unpaired) electrons. The van der Waals surface area contributed by atoms with E-state index in [0.29, 0.717) is 10.8 Å². The summed E-state index contributed by atoms with van der Waals surface area (Å²) in [5.74, 6) is -0.990. The SMILES string of the molecule is CCOC(=O)CC(=O)c1cnc(SC)nc1Nc1cccc([N+](=O)[O-])c1. The topological polar surface area (TPSA) is 124 Å². The molecule has 2 aromatic rings. The van der Waals surface area contributed by atoms with Gasteiger partial charge in [-0.1, -0.05) is 17.8 Å². The van der Waals surface area contributed by atoms with Gasteiger partial charge in [0.25, 0.3) is 5.69 Å². The molecule has 0 spiro atoms. The van der Waals surface area contributed by atoms with Crippen molar-refractivity contribution < 1.29 is 19.2 Å². The number of carbonyl (C=O) groups excluding carboxylic acids is 2. The normalized spacial score (nSPS) is 10.2. The molecule has 0 saturated carbocycles. The molecule has 0 aliphatic heterocycles. The first-order valence-electron chi connectivity index (χ1n) is 7.56. The van der Waals surface area contributed by atoms with Gasteiger partial charge in [-0.3, -0.25) is 19.7 Å². The molecule has 0 fully saturated rings. The fraction of sp³-hybridized carbons (Fsp3) is 0.250. The third-order valence-corrected chi connectivity index (χ3v) is 3.74. The Morgan fingerprint density at radius 3 is 2.81 bits per heavy atom. The van der Waals surface area contributed by atoms with Gasteiger partial charge in [-0.15, -0.1) is 0 Å². The number of aromatic nitrogens is 2. The number of hydrogen-bond donors (Lipinski definition) is 1. The molecule has 9 nitrogen and oxygen atoms in total. The Bertz CT molecular complexity index is 843. The number of nitro benzene ring substituents is 1. The molecule has 1 aromatic heterocycles. The van der Waals surface area contributed by atoms with Gasteiger partial charge >= 0.3 is 5.97 Å². The van der Waals surface area contributed by atoms with Crippen LogP contribution >= 0.6 is 11.8 Å². The highest BCUT2D eigenvalue weighted by atomic mass is 32.2. The van der Waals surface area contributed by atoms with Crippen molar-refractivity contribution in [1.82, 2.24) is 9.97 Å². The Morgan fingerprint density at radius 1 is 1.38 bits per heavy atom. The van der Waals surface area contributed by atoms with Gasteiger partial charge in [0, 0.05) is 24.0 Å². The fourth-order valence-electron chi connectivity index (χ4n) is 2.04. The molecule has 1 aromatic carbocycles. The molecule has 10 heteroatoms. The summed E-state index contributed by atoms with van der Waals surface area (Å²) in [5, 5.41) is 14.2. The summed E-state index contributed by atoms with van der Waals surface area (Å²) in [4.78, 5) is 42.6. The summed E-state index contributed by atoms with van der Waals surface area (Å²) in [6, 6.07) is 5.79. The van der Waals surface area contributed by atoms with E-state index in [4.69, 9.17) is 4.74 Å². The third-order valence-electron chi connectivity index (χ3n) is 3.18. The van der Waals surface area contributed by atoms with Crippen LogP contribution in [0, 0.1) is 10.1 Å². The minimum Gasteiger partial charge on any atom is -0.466 e. The number of nitro groups is 1. The quantitative estimate of drug-likeness (QED) is 0.141. The Morgan fingerprint density at radius 2 is 2.15 bits per heavy atom. The molecule has 0 atom stereocenters. The minimum absolute atomic E-state index is 0.0994. The molecule has 1 N–H and O–H groups in total. The lowest BCUT2D eigenvalue weighted by atomic mass is 10.1. The molecule has 0 aliphatic rings. The van der Waals surface area contributed by atoms with Gasteiger partial charge < -0.3 is 10.1 Å². The summed E-state index contributed by atoms with van der Waals surface area (Å²) < 4.78 is 4.78. The number of rotatable bonds is 8. The van der Waals surface area contributed by atoms with Crippen LogP contribution in [0.5, 0.6) is 0 Å². The number of ketones is 1. The van der Waals surface area contributed by atoms with Gasteiger partial charge in [-0.2, -0.15) is 0 Å². The second-order valence-electron chi connectivity index (χ2n) is 4.96. The van der Waals surface area contributed by atoms with Crippen LogP contribution in [0.25, 0.3) is 0 Å². The zero-order chi connectivity index (χ0) is 19.1. The van der Waals surface area contributed by atoms with Gasteiger partial charge in [0.15, 0.2) is 10.9 Å². The number of non-ortho nitro benzene ring substituents is 1. The number of nitrogens with one attached hydrogen (secondary N) is 1. The monoisotopic (exact) mass is 376 g/mol. The summed E-state index contributed by atoms with van der Waals surface area (Å²) >= 11 is 1.27. The molecular weight excluding hydrogens is 360 g/mol. The molecule has 0 saturated heterocycles. The molecule has 0 amide bonds. The third kappa shape index (κ3) is 4.99. The zero-order valence-corrected chi connectivity index (χ0v) is 14.9. The number of esters is 1. The predicted molar refractivity (Wildman–Crippen MR) is 95.8 cm³/mol. The van der Waals surface area contributed by atoms with Crippen LogP contribution in [0.2, 0.25) is 0 Å². The Balaban J connectivity index is 2.33. The van der Waals surface area contributed by atoms with Crippen molar-refractivity contribution in [1.29, 1.82) is 0 Å². The number of hydrogen-bond acceptors (Lipinski definition) is 9. The summed E-state index contributed by atoms with van der Waals surface area (Å²) in [6.07, 6.45) is 2.64. The first kappa shape index (κ1) is 19.3.